The van der Waals surface area contributed by atoms with Crippen molar-refractivity contribution in [1.29, 1.82) is 0 Å². The highest BCUT2D eigenvalue weighted by Gasteiger charge is 2.23. The summed E-state index contributed by atoms with van der Waals surface area (Å²) in [5, 5.41) is 5.82. The fourth-order valence-corrected chi connectivity index (χ4v) is 4.07. The lowest BCUT2D eigenvalue weighted by Crippen LogP contribution is -2.42. The number of hydrogen-bond donors (Lipinski definition) is 0. The van der Waals surface area contributed by atoms with Crippen LogP contribution in [0, 0.1) is 12.8 Å². The number of benzene rings is 2. The van der Waals surface area contributed by atoms with Gasteiger partial charge in [0.25, 0.3) is 5.56 Å². The van der Waals surface area contributed by atoms with Gasteiger partial charge in [0.15, 0.2) is 0 Å². The molecule has 2 aromatic carbocycles. The predicted molar refractivity (Wildman–Crippen MR) is 110 cm³/mol. The first-order chi connectivity index (χ1) is 13.6. The molecule has 0 atom stereocenters. The van der Waals surface area contributed by atoms with E-state index in [2.05, 4.69) is 29.4 Å². The molecule has 5 nitrogen and oxygen atoms in total. The Morgan fingerprint density at radius 3 is 2.36 bits per heavy atom. The lowest BCUT2D eigenvalue weighted by Gasteiger charge is -2.32. The van der Waals surface area contributed by atoms with E-state index in [1.807, 2.05) is 36.1 Å². The van der Waals surface area contributed by atoms with Gasteiger partial charge in [0.2, 0.25) is 5.91 Å². The number of aromatic nitrogens is 2. The number of nitrogens with zero attached hydrogens (tertiary/aromatic N) is 3. The van der Waals surface area contributed by atoms with Gasteiger partial charge in [-0.25, -0.2) is 4.68 Å². The summed E-state index contributed by atoms with van der Waals surface area (Å²) in [6.07, 6.45) is 3.06. The SMILES string of the molecule is Cc1nn(CC(=O)N2CCC(Cc3ccccc3)CC2)c(=O)c2ccccc12. The van der Waals surface area contributed by atoms with Gasteiger partial charge in [-0.05, 0) is 43.7 Å². The largest absolute Gasteiger partial charge is 0.341 e. The van der Waals surface area contributed by atoms with Crippen LogP contribution < -0.4 is 5.56 Å². The second-order valence-corrected chi connectivity index (χ2v) is 7.61. The first kappa shape index (κ1) is 18.4. The molecule has 1 fully saturated rings. The summed E-state index contributed by atoms with van der Waals surface area (Å²) in [4.78, 5) is 27.3. The highest BCUT2D eigenvalue weighted by molar-refractivity contribution is 5.83. The van der Waals surface area contributed by atoms with Crippen molar-refractivity contribution in [3.05, 3.63) is 76.2 Å². The molecule has 0 N–H and O–H groups in total. The van der Waals surface area contributed by atoms with E-state index in [0.717, 1.165) is 43.4 Å². The fourth-order valence-electron chi connectivity index (χ4n) is 4.07. The monoisotopic (exact) mass is 375 g/mol. The first-order valence-electron chi connectivity index (χ1n) is 9.90. The molecule has 0 saturated carbocycles. The van der Waals surface area contributed by atoms with E-state index >= 15 is 0 Å². The van der Waals surface area contributed by atoms with Gasteiger partial charge in [0.1, 0.15) is 6.54 Å². The summed E-state index contributed by atoms with van der Waals surface area (Å²) >= 11 is 0. The maximum absolute atomic E-state index is 12.8. The van der Waals surface area contributed by atoms with Gasteiger partial charge in [0.05, 0.1) is 11.1 Å². The van der Waals surface area contributed by atoms with Crippen molar-refractivity contribution in [3.63, 3.8) is 0 Å². The van der Waals surface area contributed by atoms with Gasteiger partial charge < -0.3 is 4.90 Å². The van der Waals surface area contributed by atoms with Crippen molar-refractivity contribution in [3.8, 4) is 0 Å². The molecule has 2 heterocycles. The van der Waals surface area contributed by atoms with Crippen LogP contribution >= 0.6 is 0 Å². The zero-order chi connectivity index (χ0) is 19.5. The average Bonchev–Trinajstić information content (AvgIpc) is 2.73. The van der Waals surface area contributed by atoms with Gasteiger partial charge in [-0.1, -0.05) is 48.5 Å². The van der Waals surface area contributed by atoms with Crippen LogP contribution in [-0.4, -0.2) is 33.7 Å². The molecule has 1 aromatic heterocycles. The molecular formula is C23H25N3O2. The van der Waals surface area contributed by atoms with Gasteiger partial charge in [0, 0.05) is 18.5 Å². The molecule has 1 aliphatic heterocycles. The first-order valence-corrected chi connectivity index (χ1v) is 9.90. The molecular weight excluding hydrogens is 350 g/mol. The lowest BCUT2D eigenvalue weighted by atomic mass is 9.90. The molecule has 0 spiro atoms. The van der Waals surface area contributed by atoms with Crippen molar-refractivity contribution in [1.82, 2.24) is 14.7 Å². The average molecular weight is 375 g/mol. The number of carbonyl (C=O) groups is 1. The summed E-state index contributed by atoms with van der Waals surface area (Å²) in [6, 6.07) is 17.9. The fraction of sp³-hybridized carbons (Fsp3) is 0.348. The van der Waals surface area contributed by atoms with E-state index < -0.39 is 0 Å². The van der Waals surface area contributed by atoms with Crippen molar-refractivity contribution in [2.45, 2.75) is 32.7 Å². The number of aryl methyl sites for hydroxylation is 1. The zero-order valence-electron chi connectivity index (χ0n) is 16.2. The molecule has 28 heavy (non-hydrogen) atoms. The van der Waals surface area contributed by atoms with Gasteiger partial charge in [-0.3, -0.25) is 9.59 Å². The van der Waals surface area contributed by atoms with Crippen LogP contribution in [0.1, 0.15) is 24.1 Å². The molecule has 1 amide bonds. The van der Waals surface area contributed by atoms with Crippen LogP contribution in [0.5, 0.6) is 0 Å². The van der Waals surface area contributed by atoms with Crippen molar-refractivity contribution < 1.29 is 4.79 Å². The number of rotatable bonds is 4. The van der Waals surface area contributed by atoms with Crippen LogP contribution in [0.25, 0.3) is 10.8 Å². The summed E-state index contributed by atoms with van der Waals surface area (Å²) < 4.78 is 1.32. The van der Waals surface area contributed by atoms with Crippen LogP contribution in [0.4, 0.5) is 0 Å². The molecule has 1 saturated heterocycles. The van der Waals surface area contributed by atoms with E-state index in [4.69, 9.17) is 0 Å². The molecule has 1 aliphatic rings. The highest BCUT2D eigenvalue weighted by atomic mass is 16.2. The topological polar surface area (TPSA) is 55.2 Å². The smallest absolute Gasteiger partial charge is 0.275 e. The molecule has 0 radical (unpaired) electrons. The quantitative estimate of drug-likeness (QED) is 0.704. The van der Waals surface area contributed by atoms with Crippen LogP contribution in [0.2, 0.25) is 0 Å². The lowest BCUT2D eigenvalue weighted by molar-refractivity contribution is -0.133. The van der Waals surface area contributed by atoms with Crippen molar-refractivity contribution in [2.24, 2.45) is 5.92 Å². The van der Waals surface area contributed by atoms with Crippen LogP contribution in [0.15, 0.2) is 59.4 Å². The second-order valence-electron chi connectivity index (χ2n) is 7.61. The Kier molecular flexibility index (Phi) is 5.24. The van der Waals surface area contributed by atoms with Crippen LogP contribution in [0.3, 0.4) is 0 Å². The molecule has 0 bridgehead atoms. The van der Waals surface area contributed by atoms with Gasteiger partial charge in [-0.15, -0.1) is 0 Å². The van der Waals surface area contributed by atoms with E-state index in [1.54, 1.807) is 6.07 Å². The minimum Gasteiger partial charge on any atom is -0.341 e. The number of hydrogen-bond acceptors (Lipinski definition) is 3. The molecule has 4 rings (SSSR count). The van der Waals surface area contributed by atoms with E-state index in [-0.39, 0.29) is 18.0 Å². The van der Waals surface area contributed by atoms with Gasteiger partial charge in [-0.2, -0.15) is 5.10 Å². The zero-order valence-corrected chi connectivity index (χ0v) is 16.2. The highest BCUT2D eigenvalue weighted by Crippen LogP contribution is 2.22. The third-order valence-corrected chi connectivity index (χ3v) is 5.67. The number of amides is 1. The predicted octanol–water partition coefficient (Wildman–Crippen LogP) is 3.19. The third kappa shape index (κ3) is 3.84. The Morgan fingerprint density at radius 1 is 1.00 bits per heavy atom. The Labute approximate surface area is 164 Å². The maximum Gasteiger partial charge on any atom is 0.275 e. The minimum atomic E-state index is -0.200. The standard InChI is InChI=1S/C23H25N3O2/c1-17-20-9-5-6-10-21(20)23(28)26(24-17)16-22(27)25-13-11-19(12-14-25)15-18-7-3-2-4-8-18/h2-10,19H,11-16H2,1H3. The number of carbonyl (C=O) groups excluding carboxylic acids is 1. The molecule has 0 unspecified atom stereocenters. The van der Waals surface area contributed by atoms with Crippen molar-refractivity contribution in [2.75, 3.05) is 13.1 Å². The normalized spacial score (nSPS) is 15.1. The Balaban J connectivity index is 1.41. The van der Waals surface area contributed by atoms with E-state index in [9.17, 15) is 9.59 Å². The summed E-state index contributed by atoms with van der Waals surface area (Å²) in [5.74, 6) is 0.581. The van der Waals surface area contributed by atoms with E-state index in [1.165, 1.54) is 10.2 Å². The van der Waals surface area contributed by atoms with E-state index in [0.29, 0.717) is 11.3 Å². The molecule has 0 aliphatic carbocycles. The summed E-state index contributed by atoms with van der Waals surface area (Å²) in [7, 11) is 0. The number of likely N-dealkylation sites (tertiary alicyclic amines) is 1. The maximum atomic E-state index is 12.8. The third-order valence-electron chi connectivity index (χ3n) is 5.67. The van der Waals surface area contributed by atoms with Crippen LogP contribution in [-0.2, 0) is 17.8 Å². The van der Waals surface area contributed by atoms with Gasteiger partial charge >= 0.3 is 0 Å². The molecule has 144 valence electrons. The minimum absolute atomic E-state index is 0.00780. The number of piperidine rings is 1. The Morgan fingerprint density at radius 2 is 1.64 bits per heavy atom. The Hall–Kier alpha value is -2.95. The summed E-state index contributed by atoms with van der Waals surface area (Å²) in [6.45, 7) is 3.38. The summed E-state index contributed by atoms with van der Waals surface area (Å²) in [5.41, 5.74) is 1.92. The molecule has 5 heteroatoms. The Bertz CT molecular complexity index is 1030. The second kappa shape index (κ2) is 7.97. The van der Waals surface area contributed by atoms with Crippen molar-refractivity contribution >= 4 is 16.7 Å². The number of fused-ring (bicyclic) bond motifs is 1. The molecule has 3 aromatic rings.